The molecule has 0 amide bonds. The third-order valence-electron chi connectivity index (χ3n) is 2.71. The van der Waals surface area contributed by atoms with Crippen molar-refractivity contribution >= 4 is 17.3 Å². The topological polar surface area (TPSA) is 6.48 Å². The second-order valence-electron chi connectivity index (χ2n) is 4.62. The summed E-state index contributed by atoms with van der Waals surface area (Å²) in [4.78, 5) is 3.64. The molecule has 0 aliphatic rings. The number of rotatable bonds is 6. The summed E-state index contributed by atoms with van der Waals surface area (Å²) >= 11 is 5.57. The van der Waals surface area contributed by atoms with Crippen LogP contribution in [0.1, 0.15) is 12.0 Å². The first-order chi connectivity index (χ1) is 8.45. The fourth-order valence-electron chi connectivity index (χ4n) is 1.80. The van der Waals surface area contributed by atoms with Crippen molar-refractivity contribution in [2.45, 2.75) is 12.3 Å². The highest BCUT2D eigenvalue weighted by atomic mass is 35.5. The predicted octanol–water partition coefficient (Wildman–Crippen LogP) is 3.09. The van der Waals surface area contributed by atoms with Crippen LogP contribution in [0.4, 0.5) is 14.5 Å². The van der Waals surface area contributed by atoms with Gasteiger partial charge in [0.05, 0.1) is 0 Å². The molecule has 0 N–H and O–H groups in total. The summed E-state index contributed by atoms with van der Waals surface area (Å²) in [6, 6.07) is 2.57. The molecule has 1 aromatic rings. The Hall–Kier alpha value is -0.870. The van der Waals surface area contributed by atoms with E-state index in [9.17, 15) is 8.78 Å². The standard InChI is InChI=1S/C13H19ClF2N2/c1-17(2)5-4-6-18(3)13-11(15)7-10(9-14)8-12(13)16/h7-8H,4-6,9H2,1-3H3. The van der Waals surface area contributed by atoms with Gasteiger partial charge < -0.3 is 9.80 Å². The van der Waals surface area contributed by atoms with E-state index < -0.39 is 11.6 Å². The minimum absolute atomic E-state index is 0.0163. The maximum atomic E-state index is 13.8. The van der Waals surface area contributed by atoms with E-state index in [1.807, 2.05) is 19.0 Å². The number of hydrogen-bond acceptors (Lipinski definition) is 2. The maximum Gasteiger partial charge on any atom is 0.149 e. The van der Waals surface area contributed by atoms with Crippen molar-refractivity contribution in [2.75, 3.05) is 39.1 Å². The van der Waals surface area contributed by atoms with Crippen molar-refractivity contribution in [1.29, 1.82) is 0 Å². The molecule has 0 saturated heterocycles. The molecule has 0 unspecified atom stereocenters. The van der Waals surface area contributed by atoms with Crippen LogP contribution in [-0.4, -0.2) is 39.1 Å². The highest BCUT2D eigenvalue weighted by Gasteiger charge is 2.14. The molecule has 0 atom stereocenters. The van der Waals surface area contributed by atoms with E-state index >= 15 is 0 Å². The quantitative estimate of drug-likeness (QED) is 0.737. The lowest BCUT2D eigenvalue weighted by molar-refractivity contribution is 0.401. The molecule has 0 fully saturated rings. The van der Waals surface area contributed by atoms with Gasteiger partial charge in [-0.15, -0.1) is 11.6 Å². The van der Waals surface area contributed by atoms with Crippen LogP contribution < -0.4 is 4.90 Å². The lowest BCUT2D eigenvalue weighted by Gasteiger charge is -2.22. The van der Waals surface area contributed by atoms with Gasteiger partial charge in [-0.05, 0) is 44.8 Å². The predicted molar refractivity (Wildman–Crippen MR) is 72.4 cm³/mol. The molecule has 1 aromatic carbocycles. The van der Waals surface area contributed by atoms with E-state index in [-0.39, 0.29) is 11.6 Å². The second kappa shape index (κ2) is 6.90. The molecule has 5 heteroatoms. The molecule has 0 spiro atoms. The average Bonchev–Trinajstić information content (AvgIpc) is 2.27. The van der Waals surface area contributed by atoms with Crippen LogP contribution in [0.2, 0.25) is 0 Å². The Bertz CT molecular complexity index is 374. The lowest BCUT2D eigenvalue weighted by atomic mass is 10.2. The van der Waals surface area contributed by atoms with E-state index in [1.165, 1.54) is 12.1 Å². The van der Waals surface area contributed by atoms with Crippen LogP contribution in [0.25, 0.3) is 0 Å². The summed E-state index contributed by atoms with van der Waals surface area (Å²) in [6.45, 7) is 1.49. The molecule has 1 rings (SSSR count). The smallest absolute Gasteiger partial charge is 0.149 e. The Morgan fingerprint density at radius 3 is 2.06 bits per heavy atom. The summed E-state index contributed by atoms with van der Waals surface area (Å²) in [7, 11) is 5.63. The monoisotopic (exact) mass is 276 g/mol. The number of anilines is 1. The van der Waals surface area contributed by atoms with Crippen molar-refractivity contribution in [3.05, 3.63) is 29.3 Å². The normalized spacial score (nSPS) is 11.1. The van der Waals surface area contributed by atoms with Gasteiger partial charge in [-0.1, -0.05) is 0 Å². The number of alkyl halides is 1. The van der Waals surface area contributed by atoms with Crippen LogP contribution in [0.3, 0.4) is 0 Å². The Kier molecular flexibility index (Phi) is 5.82. The van der Waals surface area contributed by atoms with Crippen LogP contribution >= 0.6 is 11.6 Å². The summed E-state index contributed by atoms with van der Waals surface area (Å²) < 4.78 is 27.6. The molecule has 0 heterocycles. The van der Waals surface area contributed by atoms with E-state index in [0.29, 0.717) is 12.1 Å². The minimum atomic E-state index is -0.557. The fraction of sp³-hybridized carbons (Fsp3) is 0.538. The van der Waals surface area contributed by atoms with Gasteiger partial charge in [-0.25, -0.2) is 8.78 Å². The molecule has 0 aliphatic heterocycles. The highest BCUT2D eigenvalue weighted by molar-refractivity contribution is 6.17. The van der Waals surface area contributed by atoms with Crippen LogP contribution in [-0.2, 0) is 5.88 Å². The molecule has 0 aromatic heterocycles. The van der Waals surface area contributed by atoms with Crippen molar-refractivity contribution in [3.63, 3.8) is 0 Å². The van der Waals surface area contributed by atoms with Crippen molar-refractivity contribution in [2.24, 2.45) is 0 Å². The third-order valence-corrected chi connectivity index (χ3v) is 3.02. The number of hydrogen-bond donors (Lipinski definition) is 0. The number of nitrogens with zero attached hydrogens (tertiary/aromatic N) is 2. The van der Waals surface area contributed by atoms with Gasteiger partial charge in [0.15, 0.2) is 0 Å². The number of benzene rings is 1. The van der Waals surface area contributed by atoms with Crippen molar-refractivity contribution in [1.82, 2.24) is 4.90 Å². The van der Waals surface area contributed by atoms with Crippen LogP contribution in [0.15, 0.2) is 12.1 Å². The molecule has 0 bridgehead atoms. The third kappa shape index (κ3) is 4.10. The maximum absolute atomic E-state index is 13.8. The Morgan fingerprint density at radius 1 is 1.06 bits per heavy atom. The molecular formula is C13H19ClF2N2. The molecular weight excluding hydrogens is 258 g/mol. The minimum Gasteiger partial charge on any atom is -0.370 e. The van der Waals surface area contributed by atoms with Crippen molar-refractivity contribution < 1.29 is 8.78 Å². The van der Waals surface area contributed by atoms with E-state index in [1.54, 1.807) is 11.9 Å². The molecule has 0 saturated carbocycles. The zero-order valence-corrected chi connectivity index (χ0v) is 11.8. The SMILES string of the molecule is CN(C)CCCN(C)c1c(F)cc(CCl)cc1F. The van der Waals surface area contributed by atoms with Gasteiger partial charge in [-0.3, -0.25) is 0 Å². The summed E-state index contributed by atoms with van der Waals surface area (Å²) in [5.41, 5.74) is 0.472. The molecule has 0 radical (unpaired) electrons. The van der Waals surface area contributed by atoms with Gasteiger partial charge in [0.25, 0.3) is 0 Å². The van der Waals surface area contributed by atoms with Crippen molar-refractivity contribution in [3.8, 4) is 0 Å². The first-order valence-corrected chi connectivity index (χ1v) is 6.39. The van der Waals surface area contributed by atoms with E-state index in [4.69, 9.17) is 11.6 Å². The van der Waals surface area contributed by atoms with Gasteiger partial charge in [0, 0.05) is 19.5 Å². The first kappa shape index (κ1) is 15.2. The average molecular weight is 277 g/mol. The fourth-order valence-corrected chi connectivity index (χ4v) is 1.95. The highest BCUT2D eigenvalue weighted by Crippen LogP contribution is 2.24. The zero-order valence-electron chi connectivity index (χ0n) is 11.0. The van der Waals surface area contributed by atoms with Crippen LogP contribution in [0.5, 0.6) is 0 Å². The lowest BCUT2D eigenvalue weighted by Crippen LogP contribution is -2.25. The summed E-state index contributed by atoms with van der Waals surface area (Å²) in [5, 5.41) is 0. The van der Waals surface area contributed by atoms with Gasteiger partial charge >= 0.3 is 0 Å². The van der Waals surface area contributed by atoms with E-state index in [0.717, 1.165) is 13.0 Å². The Balaban J connectivity index is 2.76. The summed E-state index contributed by atoms with van der Waals surface area (Å²) in [6.07, 6.45) is 0.847. The Morgan fingerprint density at radius 2 is 1.61 bits per heavy atom. The zero-order chi connectivity index (χ0) is 13.7. The molecule has 2 nitrogen and oxygen atoms in total. The van der Waals surface area contributed by atoms with E-state index in [2.05, 4.69) is 0 Å². The molecule has 18 heavy (non-hydrogen) atoms. The Labute approximate surface area is 112 Å². The molecule has 102 valence electrons. The largest absolute Gasteiger partial charge is 0.370 e. The second-order valence-corrected chi connectivity index (χ2v) is 4.89. The molecule has 0 aliphatic carbocycles. The van der Waals surface area contributed by atoms with Gasteiger partial charge in [-0.2, -0.15) is 0 Å². The summed E-state index contributed by atoms with van der Waals surface area (Å²) in [5.74, 6) is -1.01. The van der Waals surface area contributed by atoms with Gasteiger partial charge in [0.1, 0.15) is 17.3 Å². The van der Waals surface area contributed by atoms with Gasteiger partial charge in [0.2, 0.25) is 0 Å². The first-order valence-electron chi connectivity index (χ1n) is 5.85. The van der Waals surface area contributed by atoms with Crippen LogP contribution in [0, 0.1) is 11.6 Å². The number of halogens is 3.